The zero-order valence-electron chi connectivity index (χ0n) is 10.1. The Bertz CT molecular complexity index is 414. The van der Waals surface area contributed by atoms with E-state index in [0.717, 1.165) is 25.2 Å². The maximum Gasteiger partial charge on any atom is 0.253 e. The second kappa shape index (κ2) is 4.15. The Hall–Kier alpha value is -1.35. The average Bonchev–Trinajstić information content (AvgIpc) is 2.89. The number of amides is 1. The van der Waals surface area contributed by atoms with Crippen LogP contribution in [0.1, 0.15) is 22.3 Å². The number of benzene rings is 1. The molecule has 0 spiro atoms. The highest BCUT2D eigenvalue weighted by Gasteiger charge is 2.37. The largest absolute Gasteiger partial charge is 0.337 e. The first-order chi connectivity index (χ1) is 8.24. The van der Waals surface area contributed by atoms with E-state index in [0.29, 0.717) is 12.0 Å². The van der Waals surface area contributed by atoms with E-state index in [-0.39, 0.29) is 5.91 Å². The molecule has 2 aliphatic heterocycles. The predicted molar refractivity (Wildman–Crippen MR) is 67.0 cm³/mol. The molecule has 0 saturated carbocycles. The molecular weight excluding hydrogens is 212 g/mol. The number of hydrogen-bond acceptors (Lipinski definition) is 2. The molecule has 1 aromatic rings. The second-order valence-electron chi connectivity index (χ2n) is 5.19. The summed E-state index contributed by atoms with van der Waals surface area (Å²) in [5, 5.41) is 3.47. The van der Waals surface area contributed by atoms with Gasteiger partial charge in [-0.2, -0.15) is 0 Å². The molecule has 0 radical (unpaired) electrons. The van der Waals surface area contributed by atoms with Gasteiger partial charge in [0.25, 0.3) is 5.91 Å². The molecule has 3 rings (SSSR count). The van der Waals surface area contributed by atoms with E-state index < -0.39 is 0 Å². The van der Waals surface area contributed by atoms with Crippen molar-refractivity contribution < 1.29 is 4.79 Å². The summed E-state index contributed by atoms with van der Waals surface area (Å²) in [5.41, 5.74) is 2.01. The number of hydrogen-bond donors (Lipinski definition) is 1. The summed E-state index contributed by atoms with van der Waals surface area (Å²) < 4.78 is 0. The first-order valence-corrected chi connectivity index (χ1v) is 6.33. The highest BCUT2D eigenvalue weighted by Crippen LogP contribution is 2.25. The summed E-state index contributed by atoms with van der Waals surface area (Å²) in [6.45, 7) is 4.95. The monoisotopic (exact) mass is 230 g/mol. The molecular formula is C14H18N2O. The lowest BCUT2D eigenvalue weighted by Gasteiger charge is -2.17. The van der Waals surface area contributed by atoms with Gasteiger partial charge in [-0.15, -0.1) is 0 Å². The Balaban J connectivity index is 1.73. The SMILES string of the molecule is Cc1ccc(C(=O)N2CC3CCNC3C2)cc1. The van der Waals surface area contributed by atoms with Crippen molar-refractivity contribution >= 4 is 5.91 Å². The number of aryl methyl sites for hydroxylation is 1. The van der Waals surface area contributed by atoms with Crippen molar-refractivity contribution in [3.8, 4) is 0 Å². The van der Waals surface area contributed by atoms with Gasteiger partial charge in [0.15, 0.2) is 0 Å². The van der Waals surface area contributed by atoms with Gasteiger partial charge < -0.3 is 10.2 Å². The topological polar surface area (TPSA) is 32.3 Å². The van der Waals surface area contributed by atoms with E-state index in [1.165, 1.54) is 12.0 Å². The minimum absolute atomic E-state index is 0.182. The third-order valence-corrected chi connectivity index (χ3v) is 3.95. The van der Waals surface area contributed by atoms with Crippen molar-refractivity contribution in [1.29, 1.82) is 0 Å². The van der Waals surface area contributed by atoms with Gasteiger partial charge in [0.1, 0.15) is 0 Å². The molecule has 1 amide bonds. The van der Waals surface area contributed by atoms with Crippen molar-refractivity contribution in [2.75, 3.05) is 19.6 Å². The van der Waals surface area contributed by atoms with Crippen LogP contribution < -0.4 is 5.32 Å². The molecule has 2 saturated heterocycles. The molecule has 2 aliphatic rings. The van der Waals surface area contributed by atoms with Gasteiger partial charge in [-0.05, 0) is 37.9 Å². The highest BCUT2D eigenvalue weighted by molar-refractivity contribution is 5.94. The van der Waals surface area contributed by atoms with Crippen LogP contribution in [0.15, 0.2) is 24.3 Å². The minimum atomic E-state index is 0.182. The summed E-state index contributed by atoms with van der Waals surface area (Å²) in [6.07, 6.45) is 1.21. The fraction of sp³-hybridized carbons (Fsp3) is 0.500. The van der Waals surface area contributed by atoms with Crippen LogP contribution in [0.4, 0.5) is 0 Å². The van der Waals surface area contributed by atoms with Crippen LogP contribution in [-0.2, 0) is 0 Å². The molecule has 3 heteroatoms. The number of carbonyl (C=O) groups is 1. The van der Waals surface area contributed by atoms with Crippen LogP contribution in [0.25, 0.3) is 0 Å². The zero-order chi connectivity index (χ0) is 11.8. The van der Waals surface area contributed by atoms with Crippen molar-refractivity contribution in [2.45, 2.75) is 19.4 Å². The molecule has 2 heterocycles. The van der Waals surface area contributed by atoms with Crippen molar-refractivity contribution in [3.05, 3.63) is 35.4 Å². The standard InChI is InChI=1S/C14H18N2O/c1-10-2-4-11(5-3-10)14(17)16-8-12-6-7-15-13(12)9-16/h2-5,12-13,15H,6-9H2,1H3. The Morgan fingerprint density at radius 2 is 2.06 bits per heavy atom. The summed E-state index contributed by atoms with van der Waals surface area (Å²) >= 11 is 0. The second-order valence-corrected chi connectivity index (χ2v) is 5.19. The zero-order valence-corrected chi connectivity index (χ0v) is 10.1. The van der Waals surface area contributed by atoms with E-state index in [4.69, 9.17) is 0 Å². The lowest BCUT2D eigenvalue weighted by atomic mass is 10.1. The van der Waals surface area contributed by atoms with Gasteiger partial charge in [-0.3, -0.25) is 4.79 Å². The Labute approximate surface area is 102 Å². The molecule has 1 aromatic carbocycles. The Morgan fingerprint density at radius 1 is 1.29 bits per heavy atom. The maximum atomic E-state index is 12.3. The fourth-order valence-corrected chi connectivity index (χ4v) is 2.89. The molecule has 2 fully saturated rings. The minimum Gasteiger partial charge on any atom is -0.337 e. The van der Waals surface area contributed by atoms with E-state index in [1.54, 1.807) is 0 Å². The van der Waals surface area contributed by atoms with Gasteiger partial charge >= 0.3 is 0 Å². The summed E-state index contributed by atoms with van der Waals surface area (Å²) in [6, 6.07) is 8.40. The highest BCUT2D eigenvalue weighted by atomic mass is 16.2. The van der Waals surface area contributed by atoms with E-state index >= 15 is 0 Å². The molecule has 0 aromatic heterocycles. The van der Waals surface area contributed by atoms with Crippen LogP contribution >= 0.6 is 0 Å². The lowest BCUT2D eigenvalue weighted by molar-refractivity contribution is 0.0782. The first-order valence-electron chi connectivity index (χ1n) is 6.33. The van der Waals surface area contributed by atoms with Gasteiger partial charge in [-0.25, -0.2) is 0 Å². The molecule has 90 valence electrons. The molecule has 0 bridgehead atoms. The third-order valence-electron chi connectivity index (χ3n) is 3.95. The van der Waals surface area contributed by atoms with Gasteiger partial charge in [0.05, 0.1) is 0 Å². The summed E-state index contributed by atoms with van der Waals surface area (Å²) in [5.74, 6) is 0.852. The van der Waals surface area contributed by atoms with Crippen LogP contribution in [0.2, 0.25) is 0 Å². The van der Waals surface area contributed by atoms with Crippen LogP contribution in [0.5, 0.6) is 0 Å². The van der Waals surface area contributed by atoms with Crippen molar-refractivity contribution in [1.82, 2.24) is 10.2 Å². The third kappa shape index (κ3) is 1.95. The number of likely N-dealkylation sites (tertiary alicyclic amines) is 1. The number of nitrogens with one attached hydrogen (secondary N) is 1. The lowest BCUT2D eigenvalue weighted by Crippen LogP contribution is -2.33. The smallest absolute Gasteiger partial charge is 0.253 e. The first kappa shape index (κ1) is 10.8. The van der Waals surface area contributed by atoms with E-state index in [9.17, 15) is 4.79 Å². The summed E-state index contributed by atoms with van der Waals surface area (Å²) in [4.78, 5) is 14.3. The average molecular weight is 230 g/mol. The van der Waals surface area contributed by atoms with Crippen LogP contribution in [0, 0.1) is 12.8 Å². The molecule has 2 atom stereocenters. The Morgan fingerprint density at radius 3 is 2.76 bits per heavy atom. The van der Waals surface area contributed by atoms with Crippen molar-refractivity contribution in [2.24, 2.45) is 5.92 Å². The maximum absolute atomic E-state index is 12.3. The van der Waals surface area contributed by atoms with Crippen LogP contribution in [-0.4, -0.2) is 36.5 Å². The van der Waals surface area contributed by atoms with Crippen molar-refractivity contribution in [3.63, 3.8) is 0 Å². The number of fused-ring (bicyclic) bond motifs is 1. The molecule has 2 unspecified atom stereocenters. The van der Waals surface area contributed by atoms with Gasteiger partial charge in [0.2, 0.25) is 0 Å². The summed E-state index contributed by atoms with van der Waals surface area (Å²) in [7, 11) is 0. The predicted octanol–water partition coefficient (Wildman–Crippen LogP) is 1.43. The molecule has 1 N–H and O–H groups in total. The van der Waals surface area contributed by atoms with E-state index in [1.807, 2.05) is 36.1 Å². The quantitative estimate of drug-likeness (QED) is 0.791. The van der Waals surface area contributed by atoms with Gasteiger partial charge in [0, 0.05) is 24.7 Å². The van der Waals surface area contributed by atoms with E-state index in [2.05, 4.69) is 5.32 Å². The number of carbonyl (C=O) groups excluding carboxylic acids is 1. The Kier molecular flexibility index (Phi) is 2.63. The normalized spacial score (nSPS) is 27.2. The molecule has 17 heavy (non-hydrogen) atoms. The van der Waals surface area contributed by atoms with Gasteiger partial charge in [-0.1, -0.05) is 17.7 Å². The molecule has 3 nitrogen and oxygen atoms in total. The fourth-order valence-electron chi connectivity index (χ4n) is 2.89. The number of rotatable bonds is 1. The van der Waals surface area contributed by atoms with Crippen LogP contribution in [0.3, 0.4) is 0 Å². The number of nitrogens with zero attached hydrogens (tertiary/aromatic N) is 1. The molecule has 0 aliphatic carbocycles.